The maximum atomic E-state index is 6.37. The van der Waals surface area contributed by atoms with Gasteiger partial charge < -0.3 is 13.3 Å². The van der Waals surface area contributed by atoms with E-state index in [1.54, 1.807) is 0 Å². The van der Waals surface area contributed by atoms with Gasteiger partial charge in [-0.2, -0.15) is 0 Å². The number of hydrogen-bond acceptors (Lipinski definition) is 7. The van der Waals surface area contributed by atoms with E-state index in [9.17, 15) is 0 Å². The van der Waals surface area contributed by atoms with E-state index >= 15 is 0 Å². The van der Waals surface area contributed by atoms with Crippen LogP contribution in [-0.4, -0.2) is 33.4 Å². The minimum absolute atomic E-state index is 0.232. The second-order valence-electron chi connectivity index (χ2n) is 12.9. The molecule has 2 rings (SSSR count). The maximum Gasteiger partial charge on any atom is 0.505 e. The largest absolute Gasteiger partial charge is 0.505 e. The monoisotopic (exact) mass is 716 g/mol. The minimum atomic E-state index is -2.69. The predicted molar refractivity (Wildman–Crippen MR) is 211 cm³/mol. The van der Waals surface area contributed by atoms with Crippen LogP contribution < -0.4 is 0 Å². The first-order valence-electron chi connectivity index (χ1n) is 18.7. The lowest BCUT2D eigenvalue weighted by atomic mass is 9.99. The first-order chi connectivity index (χ1) is 22.2. The van der Waals surface area contributed by atoms with E-state index in [2.05, 4.69) is 74.3 Å². The molecular weight excluding hydrogens is 649 g/mol. The van der Waals surface area contributed by atoms with Crippen LogP contribution in [0.1, 0.15) is 163 Å². The number of allylic oxidation sites excluding steroid dienone is 5. The highest BCUT2D eigenvalue weighted by atomic mass is 33.7. The van der Waals surface area contributed by atoms with Crippen LogP contribution in [0.25, 0.3) is 0 Å². The Labute approximate surface area is 296 Å². The summed E-state index contributed by atoms with van der Waals surface area (Å²) in [5.41, 5.74) is 0.413. The van der Waals surface area contributed by atoms with Gasteiger partial charge in [-0.1, -0.05) is 155 Å². The van der Waals surface area contributed by atoms with E-state index < -0.39 is 8.80 Å². The van der Waals surface area contributed by atoms with Crippen LogP contribution in [0.5, 0.6) is 0 Å². The van der Waals surface area contributed by atoms with E-state index in [0.29, 0.717) is 25.4 Å². The summed E-state index contributed by atoms with van der Waals surface area (Å²) in [4.78, 5) is 0. The molecule has 45 heavy (non-hydrogen) atoms. The second-order valence-corrected chi connectivity index (χ2v) is 21.7. The molecule has 0 aromatic rings. The van der Waals surface area contributed by atoms with Gasteiger partial charge in [-0.15, -0.1) is 0 Å². The smallest absolute Gasteiger partial charge is 0.374 e. The Morgan fingerprint density at radius 1 is 0.644 bits per heavy atom. The fraction of sp³-hybridized carbons (Fsp3) is 0.838. The van der Waals surface area contributed by atoms with Gasteiger partial charge in [0.05, 0.1) is 0 Å². The molecule has 3 nitrogen and oxygen atoms in total. The van der Waals surface area contributed by atoms with Crippen molar-refractivity contribution in [2.45, 2.75) is 173 Å². The normalized spacial score (nSPS) is 21.9. The number of fused-ring (bicyclic) bond motifs is 2. The number of hydrogen-bond donors (Lipinski definition) is 0. The Morgan fingerprint density at radius 3 is 1.71 bits per heavy atom. The average molecular weight is 717 g/mol. The topological polar surface area (TPSA) is 27.7 Å². The highest BCUT2D eigenvalue weighted by molar-refractivity contribution is 9.26. The van der Waals surface area contributed by atoms with Crippen LogP contribution in [-0.2, 0) is 13.3 Å². The molecule has 0 N–H and O–H groups in total. The molecule has 3 atom stereocenters. The summed E-state index contributed by atoms with van der Waals surface area (Å²) < 4.78 is 19.3. The standard InChI is InChI=1S/C37H68O3S4Si/c1-5-9-10-11-12-13-14-15-16-17-18-19-20-21-22-23-24-25-26-27-28-29-32-41-43-44-42-37-31-30-35(34-37)33-36(37)45(38-6-2,39-7-3)40-8-4/h25-29,32,35-36H,5-24,30-31,33-34H2,1-4H3. The molecule has 0 aromatic heterocycles. The highest BCUT2D eigenvalue weighted by Crippen LogP contribution is 2.68. The molecule has 2 aliphatic rings. The van der Waals surface area contributed by atoms with E-state index in [4.69, 9.17) is 13.3 Å². The SMILES string of the molecule is CCCCCCCCCCCCCCCCCCC=CC=CC=CSSSSC12CCC(CC1[Si](OCC)(OCC)OCC)C2. The summed E-state index contributed by atoms with van der Waals surface area (Å²) in [5.74, 6) is 0.802. The zero-order valence-corrected chi connectivity index (χ0v) is 33.7. The highest BCUT2D eigenvalue weighted by Gasteiger charge is 2.65. The molecule has 2 fully saturated rings. The van der Waals surface area contributed by atoms with Gasteiger partial charge in [0.15, 0.2) is 0 Å². The summed E-state index contributed by atoms with van der Waals surface area (Å²) in [5, 5.41) is 2.19. The van der Waals surface area contributed by atoms with Crippen LogP contribution >= 0.6 is 41.2 Å². The van der Waals surface area contributed by atoms with Gasteiger partial charge in [-0.3, -0.25) is 0 Å². The van der Waals surface area contributed by atoms with Gasteiger partial charge in [-0.25, -0.2) is 0 Å². The molecule has 2 aliphatic carbocycles. The fourth-order valence-corrected chi connectivity index (χ4v) is 18.2. The van der Waals surface area contributed by atoms with E-state index in [-0.39, 0.29) is 4.75 Å². The summed E-state index contributed by atoms with van der Waals surface area (Å²) in [6, 6.07) is 0. The predicted octanol–water partition coefficient (Wildman–Crippen LogP) is 14.3. The van der Waals surface area contributed by atoms with E-state index in [1.165, 1.54) is 135 Å². The number of rotatable bonds is 31. The molecule has 262 valence electrons. The van der Waals surface area contributed by atoms with Crippen molar-refractivity contribution in [2.24, 2.45) is 5.92 Å². The van der Waals surface area contributed by atoms with E-state index in [1.807, 2.05) is 30.4 Å². The van der Waals surface area contributed by atoms with Crippen molar-refractivity contribution in [1.29, 1.82) is 0 Å². The second kappa shape index (κ2) is 27.5. The number of unbranched alkanes of at least 4 members (excludes halogenated alkanes) is 16. The van der Waals surface area contributed by atoms with Gasteiger partial charge in [0.25, 0.3) is 0 Å². The van der Waals surface area contributed by atoms with Crippen LogP contribution in [0.3, 0.4) is 0 Å². The molecule has 0 aliphatic heterocycles. The van der Waals surface area contributed by atoms with Crippen molar-refractivity contribution in [1.82, 2.24) is 0 Å². The van der Waals surface area contributed by atoms with Gasteiger partial charge in [0.2, 0.25) is 0 Å². The molecule has 8 heteroatoms. The summed E-state index contributed by atoms with van der Waals surface area (Å²) in [7, 11) is 4.99. The molecule has 0 aromatic carbocycles. The molecule has 0 radical (unpaired) electrons. The third-order valence-corrected chi connectivity index (χ3v) is 20.0. The lowest BCUT2D eigenvalue weighted by Gasteiger charge is -2.42. The Kier molecular flexibility index (Phi) is 25.6. The van der Waals surface area contributed by atoms with Crippen LogP contribution in [0, 0.1) is 5.92 Å². The Balaban J connectivity index is 1.46. The molecule has 0 heterocycles. The third-order valence-electron chi connectivity index (χ3n) is 9.37. The van der Waals surface area contributed by atoms with Crippen molar-refractivity contribution in [3.63, 3.8) is 0 Å². The maximum absolute atomic E-state index is 6.37. The van der Waals surface area contributed by atoms with Crippen LogP contribution in [0.2, 0.25) is 5.54 Å². The summed E-state index contributed by atoms with van der Waals surface area (Å²) >= 11 is 0. The zero-order chi connectivity index (χ0) is 32.3. The molecule has 0 amide bonds. The first kappa shape index (κ1) is 41.9. The lowest BCUT2D eigenvalue weighted by molar-refractivity contribution is 0.0561. The fourth-order valence-electron chi connectivity index (χ4n) is 7.15. The first-order valence-corrected chi connectivity index (χ1v) is 25.4. The summed E-state index contributed by atoms with van der Waals surface area (Å²) in [6.45, 7) is 10.5. The van der Waals surface area contributed by atoms with Crippen LogP contribution in [0.4, 0.5) is 0 Å². The van der Waals surface area contributed by atoms with E-state index in [0.717, 1.165) is 5.92 Å². The quantitative estimate of drug-likeness (QED) is 0.0305. The Bertz CT molecular complexity index is 779. The van der Waals surface area contributed by atoms with Crippen molar-refractivity contribution in [3.8, 4) is 0 Å². The molecule has 2 bridgehead atoms. The molecule has 3 unspecified atom stereocenters. The minimum Gasteiger partial charge on any atom is -0.374 e. The molecule has 0 spiro atoms. The van der Waals surface area contributed by atoms with Crippen LogP contribution in [0.15, 0.2) is 35.8 Å². The summed E-state index contributed by atoms with van der Waals surface area (Å²) in [6.07, 6.45) is 40.2. The Morgan fingerprint density at radius 2 is 1.18 bits per heavy atom. The third kappa shape index (κ3) is 17.3. The van der Waals surface area contributed by atoms with Crippen molar-refractivity contribution in [2.75, 3.05) is 19.8 Å². The molecular formula is C37H68O3S4Si. The van der Waals surface area contributed by atoms with Gasteiger partial charge in [-0.05, 0) is 90.3 Å². The van der Waals surface area contributed by atoms with Gasteiger partial charge in [0.1, 0.15) is 0 Å². The Hall–Kier alpha value is 0.717. The van der Waals surface area contributed by atoms with Crippen molar-refractivity contribution >= 4 is 50.0 Å². The molecule has 0 saturated heterocycles. The molecule has 2 saturated carbocycles. The average Bonchev–Trinajstić information content (AvgIpc) is 3.62. The zero-order valence-electron chi connectivity index (χ0n) is 29.4. The van der Waals surface area contributed by atoms with Crippen molar-refractivity contribution < 1.29 is 13.3 Å². The van der Waals surface area contributed by atoms with Gasteiger partial charge in [0, 0.05) is 30.1 Å². The lowest BCUT2D eigenvalue weighted by Crippen LogP contribution is -2.55. The van der Waals surface area contributed by atoms with Crippen molar-refractivity contribution in [3.05, 3.63) is 35.8 Å². The van der Waals surface area contributed by atoms with Gasteiger partial charge >= 0.3 is 8.80 Å².